The number of carbonyl (C=O) groups is 1. The smallest absolute Gasteiger partial charge is 0.275 e. The molecule has 0 aliphatic heterocycles. The van der Waals surface area contributed by atoms with Gasteiger partial charge in [-0.15, -0.1) is 0 Å². The summed E-state index contributed by atoms with van der Waals surface area (Å²) >= 11 is 0. The topological polar surface area (TPSA) is 126 Å². The minimum Gasteiger partial charge on any atom is -0.450 e. The lowest BCUT2D eigenvalue weighted by Gasteiger charge is -2.15. The van der Waals surface area contributed by atoms with Gasteiger partial charge in [-0.1, -0.05) is 19.6 Å². The minimum atomic E-state index is -1.33. The second kappa shape index (κ2) is 11.3. The Hall–Kier alpha value is -4.17. The number of amides is 1. The maximum absolute atomic E-state index is 14.6. The number of carbonyl (C=O) groups excluding carboxylic acids is 1. The molecule has 0 saturated carbocycles. The van der Waals surface area contributed by atoms with Gasteiger partial charge in [-0.3, -0.25) is 14.9 Å². The monoisotopic (exact) mass is 558 g/mol. The van der Waals surface area contributed by atoms with Crippen molar-refractivity contribution >= 4 is 30.7 Å². The van der Waals surface area contributed by atoms with Crippen molar-refractivity contribution in [3.63, 3.8) is 0 Å². The van der Waals surface area contributed by atoms with E-state index < -0.39 is 42.0 Å². The lowest BCUT2D eigenvalue weighted by atomic mass is 10.2. The van der Waals surface area contributed by atoms with Crippen molar-refractivity contribution in [1.82, 2.24) is 24.4 Å². The highest BCUT2D eigenvalue weighted by Gasteiger charge is 2.24. The third kappa shape index (κ3) is 6.46. The Bertz CT molecular complexity index is 1510. The van der Waals surface area contributed by atoms with Gasteiger partial charge in [-0.05, 0) is 12.1 Å². The number of halogens is 2. The molecular weight excluding hydrogens is 530 g/mol. The van der Waals surface area contributed by atoms with Crippen LogP contribution in [0.2, 0.25) is 25.7 Å². The number of nitrogens with one attached hydrogen (secondary N) is 1. The molecule has 0 bridgehead atoms. The van der Waals surface area contributed by atoms with Gasteiger partial charge in [0, 0.05) is 40.3 Å². The number of non-ortho nitro benzene ring substituents is 1. The number of fused-ring (bicyclic) bond motifs is 1. The van der Waals surface area contributed by atoms with Gasteiger partial charge in [0.15, 0.2) is 17.4 Å². The molecule has 39 heavy (non-hydrogen) atoms. The first-order chi connectivity index (χ1) is 18.4. The van der Waals surface area contributed by atoms with Crippen molar-refractivity contribution in [2.75, 3.05) is 6.61 Å². The first-order valence-electron chi connectivity index (χ1n) is 12.0. The van der Waals surface area contributed by atoms with E-state index in [1.165, 1.54) is 12.3 Å². The zero-order valence-corrected chi connectivity index (χ0v) is 22.9. The van der Waals surface area contributed by atoms with Gasteiger partial charge in [0.05, 0.1) is 46.6 Å². The molecule has 1 aromatic carbocycles. The number of benzene rings is 1. The average Bonchev–Trinajstić information content (AvgIpc) is 3.45. The third-order valence-corrected chi connectivity index (χ3v) is 7.65. The third-order valence-electron chi connectivity index (χ3n) is 5.94. The molecule has 3 aromatic heterocycles. The first-order valence-corrected chi connectivity index (χ1v) is 15.8. The Morgan fingerprint density at radius 2 is 1.95 bits per heavy atom. The maximum Gasteiger partial charge on any atom is 0.275 e. The summed E-state index contributed by atoms with van der Waals surface area (Å²) in [4.78, 5) is 31.7. The normalized spacial score (nSPS) is 11.6. The van der Waals surface area contributed by atoms with E-state index >= 15 is 0 Å². The summed E-state index contributed by atoms with van der Waals surface area (Å²) in [6.07, 6.45) is 6.13. The van der Waals surface area contributed by atoms with E-state index in [0.29, 0.717) is 24.4 Å². The summed E-state index contributed by atoms with van der Waals surface area (Å²) in [5.41, 5.74) is 0.446. The van der Waals surface area contributed by atoms with E-state index in [2.05, 4.69) is 34.9 Å². The van der Waals surface area contributed by atoms with Crippen LogP contribution in [-0.4, -0.2) is 44.6 Å². The molecule has 0 aliphatic rings. The number of aromatic nitrogens is 4. The van der Waals surface area contributed by atoms with Crippen LogP contribution in [0.25, 0.3) is 11.0 Å². The van der Waals surface area contributed by atoms with Crippen LogP contribution in [0.5, 0.6) is 11.5 Å². The minimum absolute atomic E-state index is 0.0572. The molecule has 206 valence electrons. The largest absolute Gasteiger partial charge is 0.450 e. The number of hydrogen-bond acceptors (Lipinski definition) is 7. The highest BCUT2D eigenvalue weighted by Crippen LogP contribution is 2.36. The van der Waals surface area contributed by atoms with Crippen LogP contribution in [0, 0.1) is 21.7 Å². The quantitative estimate of drug-likeness (QED) is 0.119. The molecule has 4 aromatic rings. The van der Waals surface area contributed by atoms with Crippen LogP contribution in [0.15, 0.2) is 43.1 Å². The zero-order chi connectivity index (χ0) is 28.3. The molecule has 0 unspecified atom stereocenters. The lowest BCUT2D eigenvalue weighted by Crippen LogP contribution is -2.23. The van der Waals surface area contributed by atoms with Crippen LogP contribution in [0.1, 0.15) is 16.1 Å². The molecule has 14 heteroatoms. The van der Waals surface area contributed by atoms with Gasteiger partial charge in [0.1, 0.15) is 18.1 Å². The molecule has 11 nitrogen and oxygen atoms in total. The van der Waals surface area contributed by atoms with Gasteiger partial charge in [-0.2, -0.15) is 0 Å². The second-order valence-electron chi connectivity index (χ2n) is 10.1. The fraction of sp³-hybridized carbons (Fsp3) is 0.320. The van der Waals surface area contributed by atoms with E-state index in [-0.39, 0.29) is 30.0 Å². The lowest BCUT2D eigenvalue weighted by molar-refractivity contribution is -0.385. The van der Waals surface area contributed by atoms with Crippen LogP contribution in [-0.2, 0) is 25.1 Å². The molecule has 3 heterocycles. The predicted molar refractivity (Wildman–Crippen MR) is 141 cm³/mol. The van der Waals surface area contributed by atoms with E-state index in [4.69, 9.17) is 9.47 Å². The van der Waals surface area contributed by atoms with Gasteiger partial charge >= 0.3 is 0 Å². The fourth-order valence-electron chi connectivity index (χ4n) is 3.76. The predicted octanol–water partition coefficient (Wildman–Crippen LogP) is 4.99. The summed E-state index contributed by atoms with van der Waals surface area (Å²) in [6.45, 7) is 7.48. The Morgan fingerprint density at radius 3 is 2.56 bits per heavy atom. The fourth-order valence-corrected chi connectivity index (χ4v) is 4.52. The van der Waals surface area contributed by atoms with Crippen molar-refractivity contribution in [3.05, 3.63) is 76.1 Å². The molecular formula is C25H28F2N6O5Si. The van der Waals surface area contributed by atoms with Crippen molar-refractivity contribution in [2.24, 2.45) is 7.05 Å². The number of nitrogens with zero attached hydrogens (tertiary/aromatic N) is 5. The van der Waals surface area contributed by atoms with E-state index in [0.717, 1.165) is 11.7 Å². The summed E-state index contributed by atoms with van der Waals surface area (Å²) in [5.74, 6) is -3.90. The summed E-state index contributed by atoms with van der Waals surface area (Å²) in [5, 5.41) is 14.0. The Balaban J connectivity index is 1.71. The molecule has 0 fully saturated rings. The molecule has 0 aliphatic carbocycles. The van der Waals surface area contributed by atoms with Crippen LogP contribution >= 0.6 is 0 Å². The van der Waals surface area contributed by atoms with Crippen molar-refractivity contribution in [3.8, 4) is 11.5 Å². The Labute approximate surface area is 223 Å². The second-order valence-corrected chi connectivity index (χ2v) is 15.8. The number of nitro benzene ring substituents is 1. The number of aryl methyl sites for hydroxylation is 1. The molecule has 0 spiro atoms. The SMILES string of the molecule is Cn1cncc1CNC(=O)c1cn(COCC[Si](C)(C)C)c2nccc(Oc3c(F)cc([N+](=O)[O-])cc3F)c12. The van der Waals surface area contributed by atoms with E-state index in [9.17, 15) is 23.7 Å². The number of rotatable bonds is 11. The van der Waals surface area contributed by atoms with Crippen LogP contribution in [0.4, 0.5) is 14.5 Å². The molecule has 1 N–H and O–H groups in total. The molecule has 0 radical (unpaired) electrons. The van der Waals surface area contributed by atoms with Gasteiger partial charge in [0.2, 0.25) is 0 Å². The number of pyridine rings is 1. The average molecular weight is 559 g/mol. The Morgan fingerprint density at radius 1 is 1.23 bits per heavy atom. The number of hydrogen-bond donors (Lipinski definition) is 1. The standard InChI is InChI=1S/C25H28F2N6O5Si/c1-31-14-28-11-17(31)12-30-25(34)18-13-32(15-37-7-8-39(2,3)4)24-22(18)21(5-6-29-24)38-23-19(26)9-16(33(35)36)10-20(23)27/h5-6,9-11,13-14H,7-8,12,15H2,1-4H3,(H,30,34). The van der Waals surface area contributed by atoms with Crippen molar-refractivity contribution in [2.45, 2.75) is 39.0 Å². The van der Waals surface area contributed by atoms with Crippen LogP contribution < -0.4 is 10.1 Å². The summed E-state index contributed by atoms with van der Waals surface area (Å²) in [6, 6.07) is 3.42. The first kappa shape index (κ1) is 27.9. The maximum atomic E-state index is 14.6. The number of imidazole rings is 1. The Kier molecular flexibility index (Phi) is 8.06. The zero-order valence-electron chi connectivity index (χ0n) is 21.9. The molecule has 0 atom stereocenters. The molecule has 0 saturated heterocycles. The highest BCUT2D eigenvalue weighted by atomic mass is 28.3. The molecule has 4 rings (SSSR count). The van der Waals surface area contributed by atoms with E-state index in [1.54, 1.807) is 34.9 Å². The van der Waals surface area contributed by atoms with E-state index in [1.807, 2.05) is 0 Å². The summed E-state index contributed by atoms with van der Waals surface area (Å²) in [7, 11) is 0.461. The van der Waals surface area contributed by atoms with Gasteiger partial charge in [0.25, 0.3) is 11.6 Å². The highest BCUT2D eigenvalue weighted by molar-refractivity contribution is 6.76. The number of ether oxygens (including phenoxy) is 2. The number of nitro groups is 1. The molecule has 1 amide bonds. The summed E-state index contributed by atoms with van der Waals surface area (Å²) < 4.78 is 44.1. The van der Waals surface area contributed by atoms with Crippen LogP contribution in [0.3, 0.4) is 0 Å². The van der Waals surface area contributed by atoms with Gasteiger partial charge in [-0.25, -0.2) is 18.7 Å². The van der Waals surface area contributed by atoms with Gasteiger partial charge < -0.3 is 23.9 Å². The van der Waals surface area contributed by atoms with Crippen molar-refractivity contribution in [1.29, 1.82) is 0 Å². The van der Waals surface area contributed by atoms with Crippen molar-refractivity contribution < 1.29 is 28.0 Å².